The van der Waals surface area contributed by atoms with Crippen LogP contribution in [-0.4, -0.2) is 25.2 Å². The summed E-state index contributed by atoms with van der Waals surface area (Å²) in [5.41, 5.74) is 0.0910. The molecule has 0 heterocycles. The van der Waals surface area contributed by atoms with Crippen molar-refractivity contribution in [2.24, 2.45) is 11.3 Å². The molecule has 0 radical (unpaired) electrons. The van der Waals surface area contributed by atoms with E-state index in [9.17, 15) is 9.59 Å². The van der Waals surface area contributed by atoms with E-state index in [1.54, 1.807) is 0 Å². The van der Waals surface area contributed by atoms with E-state index in [0.717, 1.165) is 12.5 Å². The highest BCUT2D eigenvalue weighted by molar-refractivity contribution is 5.81. The lowest BCUT2D eigenvalue weighted by molar-refractivity contribution is -0.153. The van der Waals surface area contributed by atoms with Gasteiger partial charge in [0.25, 0.3) is 0 Å². The summed E-state index contributed by atoms with van der Waals surface area (Å²) in [5.74, 6) is -0.913. The largest absolute Gasteiger partial charge is 0.462 e. The molecule has 0 aromatic carbocycles. The van der Waals surface area contributed by atoms with E-state index >= 15 is 0 Å². The Kier molecular flexibility index (Phi) is 6.54. The zero-order chi connectivity index (χ0) is 13.5. The number of rotatable bonds is 6. The van der Waals surface area contributed by atoms with E-state index in [1.165, 1.54) is 0 Å². The maximum absolute atomic E-state index is 11.6. The molecule has 17 heavy (non-hydrogen) atoms. The molecular weight excluding hydrogens is 220 g/mol. The normalized spacial score (nSPS) is 12.7. The standard InChI is InChI=1S/C13H22O4/c1-6-11(14)16-7-8-17-12(15)10(2)9-13(3,4)5/h6,10H,1,7-9H2,2-5H3. The van der Waals surface area contributed by atoms with Crippen LogP contribution in [0, 0.1) is 11.3 Å². The maximum Gasteiger partial charge on any atom is 0.330 e. The van der Waals surface area contributed by atoms with E-state index in [0.29, 0.717) is 0 Å². The molecule has 0 aliphatic heterocycles. The van der Waals surface area contributed by atoms with Crippen LogP contribution in [0.2, 0.25) is 0 Å². The van der Waals surface area contributed by atoms with Gasteiger partial charge in [0.15, 0.2) is 0 Å². The summed E-state index contributed by atoms with van der Waals surface area (Å²) in [4.78, 5) is 22.2. The van der Waals surface area contributed by atoms with E-state index in [1.807, 2.05) is 6.92 Å². The molecule has 0 aromatic rings. The molecule has 0 aliphatic rings. The fraction of sp³-hybridized carbons (Fsp3) is 0.692. The second kappa shape index (κ2) is 7.09. The first kappa shape index (κ1) is 15.7. The van der Waals surface area contributed by atoms with Crippen molar-refractivity contribution >= 4 is 11.9 Å². The van der Waals surface area contributed by atoms with Crippen molar-refractivity contribution in [3.63, 3.8) is 0 Å². The first-order valence-corrected chi connectivity index (χ1v) is 5.72. The van der Waals surface area contributed by atoms with E-state index < -0.39 is 5.97 Å². The Morgan fingerprint density at radius 1 is 1.24 bits per heavy atom. The minimum Gasteiger partial charge on any atom is -0.462 e. The molecule has 0 N–H and O–H groups in total. The summed E-state index contributed by atoms with van der Waals surface area (Å²) >= 11 is 0. The SMILES string of the molecule is C=CC(=O)OCCOC(=O)C(C)CC(C)(C)C. The molecule has 1 atom stereocenters. The lowest BCUT2D eigenvalue weighted by Gasteiger charge is -2.21. The Labute approximate surface area is 103 Å². The van der Waals surface area contributed by atoms with Crippen LogP contribution in [0.1, 0.15) is 34.1 Å². The van der Waals surface area contributed by atoms with Gasteiger partial charge in [-0.2, -0.15) is 0 Å². The molecule has 0 spiro atoms. The quantitative estimate of drug-likeness (QED) is 0.407. The van der Waals surface area contributed by atoms with Crippen molar-refractivity contribution in [3.8, 4) is 0 Å². The number of hydrogen-bond donors (Lipinski definition) is 0. The Hall–Kier alpha value is -1.32. The minimum absolute atomic E-state index is 0.0683. The average molecular weight is 242 g/mol. The van der Waals surface area contributed by atoms with Crippen molar-refractivity contribution < 1.29 is 19.1 Å². The summed E-state index contributed by atoms with van der Waals surface area (Å²) in [6, 6.07) is 0. The molecule has 0 saturated carbocycles. The molecule has 0 aliphatic carbocycles. The van der Waals surface area contributed by atoms with Gasteiger partial charge in [-0.05, 0) is 11.8 Å². The van der Waals surface area contributed by atoms with Crippen LogP contribution in [0.4, 0.5) is 0 Å². The summed E-state index contributed by atoms with van der Waals surface area (Å²) in [7, 11) is 0. The third kappa shape index (κ3) is 8.48. The zero-order valence-corrected chi connectivity index (χ0v) is 11.1. The summed E-state index contributed by atoms with van der Waals surface area (Å²) < 4.78 is 9.68. The van der Waals surface area contributed by atoms with Gasteiger partial charge in [-0.3, -0.25) is 4.79 Å². The van der Waals surface area contributed by atoms with Gasteiger partial charge in [0.1, 0.15) is 13.2 Å². The maximum atomic E-state index is 11.6. The van der Waals surface area contributed by atoms with Crippen molar-refractivity contribution in [3.05, 3.63) is 12.7 Å². The Balaban J connectivity index is 3.79. The lowest BCUT2D eigenvalue weighted by Crippen LogP contribution is -2.22. The highest BCUT2D eigenvalue weighted by atomic mass is 16.6. The lowest BCUT2D eigenvalue weighted by atomic mass is 9.85. The first-order chi connectivity index (χ1) is 7.76. The second-order valence-corrected chi connectivity index (χ2v) is 5.20. The second-order valence-electron chi connectivity index (χ2n) is 5.20. The first-order valence-electron chi connectivity index (χ1n) is 5.72. The average Bonchev–Trinajstić information content (AvgIpc) is 2.21. The Morgan fingerprint density at radius 3 is 2.24 bits per heavy atom. The zero-order valence-electron chi connectivity index (χ0n) is 11.1. The molecule has 0 amide bonds. The van der Waals surface area contributed by atoms with Crippen molar-refractivity contribution in [1.29, 1.82) is 0 Å². The van der Waals surface area contributed by atoms with Gasteiger partial charge in [-0.15, -0.1) is 0 Å². The van der Waals surface area contributed by atoms with E-state index in [4.69, 9.17) is 4.74 Å². The summed E-state index contributed by atoms with van der Waals surface area (Å²) in [5, 5.41) is 0. The molecule has 4 heteroatoms. The van der Waals surface area contributed by atoms with Gasteiger partial charge < -0.3 is 9.47 Å². The molecule has 0 rings (SSSR count). The predicted molar refractivity (Wildman–Crippen MR) is 65.4 cm³/mol. The van der Waals surface area contributed by atoms with E-state index in [2.05, 4.69) is 32.1 Å². The number of hydrogen-bond acceptors (Lipinski definition) is 4. The Bertz CT molecular complexity index is 276. The fourth-order valence-corrected chi connectivity index (χ4v) is 1.49. The molecule has 0 saturated heterocycles. The van der Waals surface area contributed by atoms with Gasteiger partial charge in [-0.25, -0.2) is 4.79 Å². The van der Waals surface area contributed by atoms with Gasteiger partial charge in [-0.1, -0.05) is 34.3 Å². The van der Waals surface area contributed by atoms with Gasteiger partial charge in [0.2, 0.25) is 0 Å². The summed E-state index contributed by atoms with van der Waals surface area (Å²) in [6.07, 6.45) is 1.84. The van der Waals surface area contributed by atoms with Crippen LogP contribution >= 0.6 is 0 Å². The number of carbonyl (C=O) groups excluding carboxylic acids is 2. The van der Waals surface area contributed by atoms with Crippen LogP contribution in [0.25, 0.3) is 0 Å². The van der Waals surface area contributed by atoms with E-state index in [-0.39, 0.29) is 30.5 Å². The highest BCUT2D eigenvalue weighted by Crippen LogP contribution is 2.24. The number of carbonyl (C=O) groups is 2. The van der Waals surface area contributed by atoms with Crippen molar-refractivity contribution in [2.75, 3.05) is 13.2 Å². The number of esters is 2. The highest BCUT2D eigenvalue weighted by Gasteiger charge is 2.21. The van der Waals surface area contributed by atoms with Crippen molar-refractivity contribution in [1.82, 2.24) is 0 Å². The summed E-state index contributed by atoms with van der Waals surface area (Å²) in [6.45, 7) is 11.5. The smallest absolute Gasteiger partial charge is 0.330 e. The topological polar surface area (TPSA) is 52.6 Å². The van der Waals surface area contributed by atoms with Gasteiger partial charge in [0.05, 0.1) is 5.92 Å². The third-order valence-electron chi connectivity index (χ3n) is 2.06. The molecular formula is C13H22O4. The molecule has 1 unspecified atom stereocenters. The molecule has 98 valence electrons. The van der Waals surface area contributed by atoms with Crippen LogP contribution in [0.3, 0.4) is 0 Å². The Morgan fingerprint density at radius 2 is 1.76 bits per heavy atom. The monoisotopic (exact) mass is 242 g/mol. The third-order valence-corrected chi connectivity index (χ3v) is 2.06. The van der Waals surface area contributed by atoms with Crippen LogP contribution < -0.4 is 0 Å². The van der Waals surface area contributed by atoms with Gasteiger partial charge >= 0.3 is 11.9 Å². The number of ether oxygens (including phenoxy) is 2. The molecule has 0 fully saturated rings. The molecule has 0 aromatic heterocycles. The molecule has 4 nitrogen and oxygen atoms in total. The van der Waals surface area contributed by atoms with Crippen LogP contribution in [0.5, 0.6) is 0 Å². The van der Waals surface area contributed by atoms with Crippen molar-refractivity contribution in [2.45, 2.75) is 34.1 Å². The fourth-order valence-electron chi connectivity index (χ4n) is 1.49. The van der Waals surface area contributed by atoms with Gasteiger partial charge in [0, 0.05) is 6.08 Å². The predicted octanol–water partition coefficient (Wildman–Crippen LogP) is 2.33. The van der Waals surface area contributed by atoms with Crippen LogP contribution in [0.15, 0.2) is 12.7 Å². The van der Waals surface area contributed by atoms with Crippen LogP contribution in [-0.2, 0) is 19.1 Å². The minimum atomic E-state index is -0.510. The molecule has 0 bridgehead atoms.